The van der Waals surface area contributed by atoms with Gasteiger partial charge in [0.05, 0.1) is 22.6 Å². The predicted octanol–water partition coefficient (Wildman–Crippen LogP) is 2.05. The molecule has 1 aromatic carbocycles. The first-order valence-electron chi connectivity index (χ1n) is 8.09. The van der Waals surface area contributed by atoms with Crippen LogP contribution in [0.5, 0.6) is 0 Å². The van der Waals surface area contributed by atoms with Gasteiger partial charge >= 0.3 is 5.69 Å². The summed E-state index contributed by atoms with van der Waals surface area (Å²) in [5, 5.41) is 18.0. The molecule has 3 rings (SSSR count). The summed E-state index contributed by atoms with van der Waals surface area (Å²) in [6, 6.07) is 14.8. The van der Waals surface area contributed by atoms with Gasteiger partial charge in [-0.25, -0.2) is 4.79 Å². The Morgan fingerprint density at radius 3 is 2.58 bits per heavy atom. The second-order valence-electron chi connectivity index (χ2n) is 5.64. The molecule has 7 nitrogen and oxygen atoms in total. The monoisotopic (exact) mass is 344 g/mol. The number of nitrogens with zero attached hydrogens (tertiary/aromatic N) is 5. The molecule has 0 aliphatic rings. The number of hydrogen-bond acceptors (Lipinski definition) is 4. The van der Waals surface area contributed by atoms with Gasteiger partial charge in [-0.05, 0) is 30.7 Å². The average molecular weight is 344 g/mol. The molecule has 26 heavy (non-hydrogen) atoms. The van der Waals surface area contributed by atoms with E-state index in [0.717, 1.165) is 24.0 Å². The molecule has 0 saturated carbocycles. The third-order valence-corrected chi connectivity index (χ3v) is 3.94. The molecule has 0 spiro atoms. The first kappa shape index (κ1) is 17.0. The minimum Gasteiger partial charge on any atom is -0.354 e. The quantitative estimate of drug-likeness (QED) is 0.716. The van der Waals surface area contributed by atoms with Gasteiger partial charge < -0.3 is 9.55 Å². The lowest BCUT2D eigenvalue weighted by Crippen LogP contribution is -2.17. The number of fused-ring (bicyclic) bond motifs is 1. The standard InChI is InChI=1S/C19H16N6O/c20-12-15(13-21)14-22-16-6-10-24(11-7-16)8-3-9-25-18-5-2-1-4-17(18)23-19(25)26/h1-2,4-7,10-11,14H,3,8-9H2,(H,23,26). The van der Waals surface area contributed by atoms with Gasteiger partial charge in [0.1, 0.15) is 17.7 Å². The van der Waals surface area contributed by atoms with Crippen molar-refractivity contribution in [2.45, 2.75) is 19.5 Å². The number of imidazole rings is 1. The molecule has 0 atom stereocenters. The molecular weight excluding hydrogens is 328 g/mol. The Kier molecular flexibility index (Phi) is 5.11. The molecule has 3 aromatic rings. The van der Waals surface area contributed by atoms with Crippen molar-refractivity contribution in [3.63, 3.8) is 0 Å². The summed E-state index contributed by atoms with van der Waals surface area (Å²) in [5.41, 5.74) is 1.63. The van der Waals surface area contributed by atoms with E-state index in [-0.39, 0.29) is 11.3 Å². The van der Waals surface area contributed by atoms with E-state index in [9.17, 15) is 4.79 Å². The van der Waals surface area contributed by atoms with Crippen LogP contribution in [0.3, 0.4) is 0 Å². The fourth-order valence-electron chi connectivity index (χ4n) is 2.65. The molecule has 0 fully saturated rings. The third-order valence-electron chi connectivity index (χ3n) is 3.94. The fourth-order valence-corrected chi connectivity index (χ4v) is 2.65. The van der Waals surface area contributed by atoms with Crippen LogP contribution >= 0.6 is 0 Å². The van der Waals surface area contributed by atoms with Gasteiger partial charge in [0.25, 0.3) is 0 Å². The molecule has 2 heterocycles. The number of aryl methyl sites for hydroxylation is 2. The molecule has 0 aliphatic heterocycles. The SMILES string of the molecule is N#CC(C#N)=CN=c1ccn(CCCn2c(=O)[nH]c3ccccc32)cc1. The van der Waals surface area contributed by atoms with E-state index < -0.39 is 0 Å². The summed E-state index contributed by atoms with van der Waals surface area (Å²) in [4.78, 5) is 19.0. The summed E-state index contributed by atoms with van der Waals surface area (Å²) in [7, 11) is 0. The smallest absolute Gasteiger partial charge is 0.326 e. The highest BCUT2D eigenvalue weighted by Crippen LogP contribution is 2.09. The molecular formula is C19H16N6O. The highest BCUT2D eigenvalue weighted by atomic mass is 16.1. The van der Waals surface area contributed by atoms with Crippen molar-refractivity contribution < 1.29 is 0 Å². The van der Waals surface area contributed by atoms with Crippen molar-refractivity contribution in [1.82, 2.24) is 14.1 Å². The minimum atomic E-state index is -0.0945. The van der Waals surface area contributed by atoms with Crippen molar-refractivity contribution in [1.29, 1.82) is 10.5 Å². The molecule has 0 unspecified atom stereocenters. The summed E-state index contributed by atoms with van der Waals surface area (Å²) >= 11 is 0. The van der Waals surface area contributed by atoms with Gasteiger partial charge in [-0.2, -0.15) is 10.5 Å². The maximum atomic E-state index is 12.0. The summed E-state index contributed by atoms with van der Waals surface area (Å²) in [6.45, 7) is 1.38. The first-order valence-corrected chi connectivity index (χ1v) is 8.09. The number of aromatic nitrogens is 3. The lowest BCUT2D eigenvalue weighted by Gasteiger charge is -2.07. The fraction of sp³-hybridized carbons (Fsp3) is 0.158. The molecule has 0 bridgehead atoms. The topological polar surface area (TPSA) is 103 Å². The Morgan fingerprint density at radius 2 is 1.85 bits per heavy atom. The van der Waals surface area contributed by atoms with E-state index in [0.29, 0.717) is 11.9 Å². The number of benzene rings is 1. The maximum Gasteiger partial charge on any atom is 0.326 e. The number of allylic oxidation sites excluding steroid dienone is 1. The van der Waals surface area contributed by atoms with Crippen LogP contribution < -0.4 is 11.0 Å². The number of pyridine rings is 1. The predicted molar refractivity (Wildman–Crippen MR) is 96.5 cm³/mol. The number of aromatic amines is 1. The Hall–Kier alpha value is -3.84. The zero-order valence-corrected chi connectivity index (χ0v) is 14.0. The van der Waals surface area contributed by atoms with Crippen LogP contribution in [0.15, 0.2) is 70.4 Å². The number of rotatable bonds is 5. The Bertz CT molecular complexity index is 1130. The van der Waals surface area contributed by atoms with E-state index in [1.165, 1.54) is 6.20 Å². The summed E-state index contributed by atoms with van der Waals surface area (Å²) in [6.07, 6.45) is 5.81. The van der Waals surface area contributed by atoms with Crippen molar-refractivity contribution in [2.24, 2.45) is 4.99 Å². The second kappa shape index (κ2) is 7.82. The summed E-state index contributed by atoms with van der Waals surface area (Å²) < 4.78 is 3.74. The van der Waals surface area contributed by atoms with E-state index in [2.05, 4.69) is 9.98 Å². The Labute approximate surface area is 149 Å². The Morgan fingerprint density at radius 1 is 1.12 bits per heavy atom. The number of para-hydroxylation sites is 2. The van der Waals surface area contributed by atoms with Crippen molar-refractivity contribution in [3.05, 3.63) is 76.4 Å². The van der Waals surface area contributed by atoms with E-state index in [1.807, 2.05) is 41.2 Å². The zero-order chi connectivity index (χ0) is 18.4. The first-order chi connectivity index (χ1) is 12.7. The van der Waals surface area contributed by atoms with Gasteiger partial charge in [0.2, 0.25) is 0 Å². The largest absolute Gasteiger partial charge is 0.354 e. The lowest BCUT2D eigenvalue weighted by molar-refractivity contribution is 0.560. The van der Waals surface area contributed by atoms with Gasteiger partial charge in [0.15, 0.2) is 0 Å². The zero-order valence-electron chi connectivity index (χ0n) is 14.0. The van der Waals surface area contributed by atoms with E-state index >= 15 is 0 Å². The minimum absolute atomic E-state index is 0.0362. The van der Waals surface area contributed by atoms with E-state index in [4.69, 9.17) is 10.5 Å². The van der Waals surface area contributed by atoms with Crippen LogP contribution in [0.1, 0.15) is 6.42 Å². The van der Waals surface area contributed by atoms with Gasteiger partial charge in [-0.15, -0.1) is 0 Å². The number of hydrogen-bond donors (Lipinski definition) is 1. The molecule has 1 N–H and O–H groups in total. The van der Waals surface area contributed by atoms with Crippen LogP contribution in [0, 0.1) is 22.7 Å². The number of nitrogens with one attached hydrogen (secondary N) is 1. The maximum absolute atomic E-state index is 12.0. The van der Waals surface area contributed by atoms with Crippen LogP contribution in [0.4, 0.5) is 0 Å². The molecule has 0 saturated heterocycles. The molecule has 2 aromatic heterocycles. The van der Waals surface area contributed by atoms with Crippen molar-refractivity contribution in [2.75, 3.05) is 0 Å². The Balaban J connectivity index is 1.66. The van der Waals surface area contributed by atoms with Crippen LogP contribution in [-0.4, -0.2) is 14.1 Å². The highest BCUT2D eigenvalue weighted by Gasteiger charge is 2.04. The normalized spacial score (nSPS) is 10.1. The average Bonchev–Trinajstić information content (AvgIpc) is 2.99. The molecule has 7 heteroatoms. The molecule has 0 amide bonds. The summed E-state index contributed by atoms with van der Waals surface area (Å²) in [5.74, 6) is 0. The van der Waals surface area contributed by atoms with Gasteiger partial charge in [-0.3, -0.25) is 9.56 Å². The van der Waals surface area contributed by atoms with Crippen LogP contribution in [0.25, 0.3) is 11.0 Å². The van der Waals surface area contributed by atoms with Crippen molar-refractivity contribution in [3.8, 4) is 12.1 Å². The van der Waals surface area contributed by atoms with Gasteiger partial charge in [-0.1, -0.05) is 12.1 Å². The van der Waals surface area contributed by atoms with Crippen LogP contribution in [0.2, 0.25) is 0 Å². The number of H-pyrrole nitrogens is 1. The van der Waals surface area contributed by atoms with Crippen LogP contribution in [-0.2, 0) is 13.1 Å². The van der Waals surface area contributed by atoms with E-state index in [1.54, 1.807) is 28.8 Å². The number of nitriles is 2. The molecule has 0 aliphatic carbocycles. The highest BCUT2D eigenvalue weighted by molar-refractivity contribution is 5.74. The molecule has 128 valence electrons. The third kappa shape index (κ3) is 3.80. The second-order valence-corrected chi connectivity index (χ2v) is 5.64. The van der Waals surface area contributed by atoms with Crippen molar-refractivity contribution >= 4 is 11.0 Å². The van der Waals surface area contributed by atoms with Gasteiger partial charge in [0, 0.05) is 25.5 Å². The lowest BCUT2D eigenvalue weighted by atomic mass is 10.3. The molecule has 0 radical (unpaired) electrons.